The molecule has 0 spiro atoms. The molecule has 0 bridgehead atoms. The molecular formula is C44H54N2O5P2. The predicted molar refractivity (Wildman–Crippen MR) is 221 cm³/mol. The van der Waals surface area contributed by atoms with Crippen molar-refractivity contribution in [3.8, 4) is 45.9 Å². The molecule has 0 amide bonds. The second-order valence-corrected chi connectivity index (χ2v) is 18.5. The van der Waals surface area contributed by atoms with E-state index in [-0.39, 0.29) is 34.3 Å². The molecule has 0 aliphatic carbocycles. The summed E-state index contributed by atoms with van der Waals surface area (Å²) in [6.45, 7) is 37.5. The first-order valence-electron chi connectivity index (χ1n) is 17.8. The zero-order valence-electron chi connectivity index (χ0n) is 33.7. The third-order valence-electron chi connectivity index (χ3n) is 8.68. The van der Waals surface area contributed by atoms with Crippen LogP contribution in [0.25, 0.3) is 16.0 Å². The Morgan fingerprint density at radius 2 is 1.02 bits per heavy atom. The van der Waals surface area contributed by atoms with Gasteiger partial charge < -0.3 is 22.8 Å². The molecule has 0 N–H and O–H groups in total. The lowest BCUT2D eigenvalue weighted by atomic mass is 9.74. The molecule has 9 heteroatoms. The van der Waals surface area contributed by atoms with E-state index < -0.39 is 5.60 Å². The zero-order chi connectivity index (χ0) is 39.5. The van der Waals surface area contributed by atoms with Gasteiger partial charge in [-0.25, -0.2) is 4.85 Å². The monoisotopic (exact) mass is 752 g/mol. The number of nitrogens with zero attached hydrogens (tertiary/aromatic N) is 2. The smallest absolute Gasteiger partial charge is 0.275 e. The molecule has 0 aliphatic rings. The highest BCUT2D eigenvalue weighted by Crippen LogP contribution is 2.55. The maximum absolute atomic E-state index is 9.28. The number of hydrogen-bond donors (Lipinski definition) is 0. The highest BCUT2D eigenvalue weighted by atomic mass is 31.1. The quantitative estimate of drug-likeness (QED) is 0.119. The first-order chi connectivity index (χ1) is 24.5. The van der Waals surface area contributed by atoms with Gasteiger partial charge in [0, 0.05) is 27.8 Å². The van der Waals surface area contributed by atoms with E-state index in [4.69, 9.17) is 29.4 Å². The Morgan fingerprint density at radius 1 is 0.585 bits per heavy atom. The lowest BCUT2D eigenvalue weighted by Crippen LogP contribution is -2.24. The van der Waals surface area contributed by atoms with Gasteiger partial charge in [0.25, 0.3) is 18.1 Å². The first-order valence-corrected chi connectivity index (χ1v) is 19.4. The fourth-order valence-electron chi connectivity index (χ4n) is 6.04. The van der Waals surface area contributed by atoms with Crippen molar-refractivity contribution in [1.29, 1.82) is 5.26 Å². The molecule has 53 heavy (non-hydrogen) atoms. The molecule has 0 aliphatic heterocycles. The fraction of sp³-hybridized carbons (Fsp3) is 0.409. The largest absolute Gasteiger partial charge is 0.488 e. The van der Waals surface area contributed by atoms with E-state index in [1.165, 1.54) is 5.56 Å². The molecule has 7 nitrogen and oxygen atoms in total. The zero-order valence-corrected chi connectivity index (χ0v) is 35.7. The van der Waals surface area contributed by atoms with Gasteiger partial charge in [0.15, 0.2) is 5.69 Å². The van der Waals surface area contributed by atoms with Crippen molar-refractivity contribution in [2.75, 3.05) is 0 Å². The molecule has 0 saturated carbocycles. The molecule has 4 aromatic carbocycles. The van der Waals surface area contributed by atoms with Crippen LogP contribution < -0.4 is 22.8 Å². The molecule has 4 aromatic rings. The number of hydrogen-bond acceptors (Lipinski definition) is 6. The average Bonchev–Trinajstić information content (AvgIpc) is 3.05. The Kier molecular flexibility index (Phi) is 12.5. The first kappa shape index (κ1) is 41.5. The normalized spacial score (nSPS) is 12.5. The van der Waals surface area contributed by atoms with E-state index in [0.29, 0.717) is 28.5 Å². The summed E-state index contributed by atoms with van der Waals surface area (Å²) < 4.78 is 32.7. The lowest BCUT2D eigenvalue weighted by Gasteiger charge is -2.34. The van der Waals surface area contributed by atoms with Gasteiger partial charge >= 0.3 is 0 Å². The van der Waals surface area contributed by atoms with Gasteiger partial charge in [0.2, 0.25) is 0 Å². The Balaban J connectivity index is 2.05. The summed E-state index contributed by atoms with van der Waals surface area (Å²) in [6, 6.07) is 20.6. The minimum atomic E-state index is -0.462. The SMILES string of the molecule is [C-]#[N+]c1ccc(OPOc2c(C(C)(C)C)cc(C(C)(C)C)c(C)c2-c2c(C)c(OC(C)(C)C)cc(C(C)(C)C)c2OPOc2ccc(C#N)cc2)cc1. The van der Waals surface area contributed by atoms with Crippen LogP contribution in [0.3, 0.4) is 0 Å². The molecular weight excluding hydrogens is 698 g/mol. The number of benzene rings is 4. The minimum Gasteiger partial charge on any atom is -0.488 e. The summed E-state index contributed by atoms with van der Waals surface area (Å²) in [6.07, 6.45) is 0. The highest BCUT2D eigenvalue weighted by molar-refractivity contribution is 7.27. The summed E-state index contributed by atoms with van der Waals surface area (Å²) in [5.74, 6) is 3.41. The Hall–Kier alpha value is -4.28. The van der Waals surface area contributed by atoms with Gasteiger partial charge in [0.05, 0.1) is 18.2 Å². The van der Waals surface area contributed by atoms with E-state index in [9.17, 15) is 5.26 Å². The molecule has 2 atom stereocenters. The fourth-order valence-corrected chi connectivity index (χ4v) is 7.18. The molecule has 280 valence electrons. The molecule has 0 aromatic heterocycles. The number of rotatable bonds is 10. The highest BCUT2D eigenvalue weighted by Gasteiger charge is 2.35. The second kappa shape index (κ2) is 16.0. The van der Waals surface area contributed by atoms with Crippen LogP contribution in [0.1, 0.15) is 116 Å². The van der Waals surface area contributed by atoms with Crippen molar-refractivity contribution < 1.29 is 22.8 Å². The van der Waals surface area contributed by atoms with Gasteiger partial charge in [0.1, 0.15) is 34.3 Å². The summed E-state index contributed by atoms with van der Waals surface area (Å²) in [5, 5.41) is 9.28. The Bertz CT molecular complexity index is 2020. The van der Waals surface area contributed by atoms with Gasteiger partial charge in [-0.1, -0.05) is 80.5 Å². The van der Waals surface area contributed by atoms with Crippen LogP contribution in [0.2, 0.25) is 0 Å². The predicted octanol–water partition coefficient (Wildman–Crippen LogP) is 13.4. The van der Waals surface area contributed by atoms with E-state index in [1.807, 2.05) is 0 Å². The summed E-state index contributed by atoms with van der Waals surface area (Å²) in [5.41, 5.74) is 6.80. The van der Waals surface area contributed by atoms with Crippen LogP contribution in [0.5, 0.6) is 28.7 Å². The van der Waals surface area contributed by atoms with Gasteiger partial charge in [-0.2, -0.15) is 5.26 Å². The van der Waals surface area contributed by atoms with Crippen molar-refractivity contribution >= 4 is 23.8 Å². The number of ether oxygens (including phenoxy) is 1. The molecule has 0 radical (unpaired) electrons. The van der Waals surface area contributed by atoms with Crippen molar-refractivity contribution in [2.24, 2.45) is 0 Å². The van der Waals surface area contributed by atoms with E-state index >= 15 is 0 Å². The van der Waals surface area contributed by atoms with E-state index in [1.54, 1.807) is 48.5 Å². The van der Waals surface area contributed by atoms with Crippen LogP contribution in [-0.2, 0) is 16.2 Å². The molecule has 0 saturated heterocycles. The molecule has 2 unspecified atom stereocenters. The topological polar surface area (TPSA) is 74.3 Å². The lowest BCUT2D eigenvalue weighted by molar-refractivity contribution is 0.129. The van der Waals surface area contributed by atoms with Crippen molar-refractivity contribution in [2.45, 2.75) is 119 Å². The average molecular weight is 753 g/mol. The molecule has 0 fully saturated rings. The van der Waals surface area contributed by atoms with Gasteiger partial charge in [-0.05, 0) is 104 Å². The van der Waals surface area contributed by atoms with Crippen LogP contribution in [0, 0.1) is 31.8 Å². The standard InChI is InChI=1S/C44H54N2O5P2/c1-27-33(41(3,4)5)24-34(42(6,7)8)39(50-53-49-32-22-18-30(46-15)19-23-32)37(27)38-28(2)36(47-44(12,13)14)25-35(43(9,10)11)40(38)51-52-48-31-20-16-29(26-45)17-21-31/h16-25,52-53H,1-14H3. The van der Waals surface area contributed by atoms with E-state index in [2.05, 4.69) is 120 Å². The third-order valence-corrected chi connectivity index (χ3v) is 9.89. The Labute approximate surface area is 321 Å². The third kappa shape index (κ3) is 10.2. The van der Waals surface area contributed by atoms with E-state index in [0.717, 1.165) is 44.9 Å². The van der Waals surface area contributed by atoms with Crippen LogP contribution in [0.4, 0.5) is 5.69 Å². The van der Waals surface area contributed by atoms with Gasteiger partial charge in [-0.15, -0.1) is 0 Å². The number of nitriles is 1. The van der Waals surface area contributed by atoms with Crippen LogP contribution in [0.15, 0.2) is 60.7 Å². The van der Waals surface area contributed by atoms with Crippen LogP contribution in [-0.4, -0.2) is 5.60 Å². The van der Waals surface area contributed by atoms with Crippen molar-refractivity contribution in [1.82, 2.24) is 0 Å². The minimum absolute atomic E-state index is 0.192. The van der Waals surface area contributed by atoms with Crippen LogP contribution >= 0.6 is 18.1 Å². The molecule has 4 rings (SSSR count). The molecule has 0 heterocycles. The summed E-state index contributed by atoms with van der Waals surface area (Å²) >= 11 is 0. The summed E-state index contributed by atoms with van der Waals surface area (Å²) in [4.78, 5) is 3.50. The van der Waals surface area contributed by atoms with Crippen molar-refractivity contribution in [3.63, 3.8) is 0 Å². The summed E-state index contributed by atoms with van der Waals surface area (Å²) in [7, 11) is -0.742. The maximum Gasteiger partial charge on any atom is 0.275 e. The second-order valence-electron chi connectivity index (χ2n) is 17.3. The Morgan fingerprint density at radius 3 is 1.43 bits per heavy atom. The maximum atomic E-state index is 9.28. The van der Waals surface area contributed by atoms with Gasteiger partial charge in [-0.3, -0.25) is 0 Å². The van der Waals surface area contributed by atoms with Crippen molar-refractivity contribution in [3.05, 3.63) is 105 Å².